The van der Waals surface area contributed by atoms with Crippen molar-refractivity contribution in [1.82, 2.24) is 4.90 Å². The zero-order valence-electron chi connectivity index (χ0n) is 17.3. The molecule has 4 bridgehead atoms. The van der Waals surface area contributed by atoms with Crippen LogP contribution in [-0.2, 0) is 23.8 Å². The monoisotopic (exact) mass is 413 g/mol. The van der Waals surface area contributed by atoms with Gasteiger partial charge in [0.25, 0.3) is 0 Å². The Morgan fingerprint density at radius 3 is 2.28 bits per heavy atom. The maximum absolute atomic E-state index is 12.2. The second-order valence-electron chi connectivity index (χ2n) is 9.60. The lowest BCUT2D eigenvalue weighted by Gasteiger charge is -2.41. The minimum Gasteiger partial charge on any atom is -0.481 e. The Bertz CT molecular complexity index is 666. The van der Waals surface area contributed by atoms with E-state index in [9.17, 15) is 19.5 Å². The average molecular weight is 413 g/mol. The van der Waals surface area contributed by atoms with E-state index < -0.39 is 34.6 Å². The summed E-state index contributed by atoms with van der Waals surface area (Å²) in [5.41, 5.74) is -2.39. The van der Waals surface area contributed by atoms with E-state index in [0.29, 0.717) is 32.0 Å². The highest BCUT2D eigenvalue weighted by atomic mass is 16.6. The van der Waals surface area contributed by atoms with Gasteiger partial charge in [0.05, 0.1) is 31.3 Å². The second kappa shape index (κ2) is 7.75. The normalized spacial score (nSPS) is 35.5. The van der Waals surface area contributed by atoms with E-state index in [0.717, 1.165) is 25.9 Å². The van der Waals surface area contributed by atoms with Gasteiger partial charge in [0.1, 0.15) is 5.60 Å². The Balaban J connectivity index is 0.000000186. The van der Waals surface area contributed by atoms with Crippen LogP contribution in [0.4, 0.5) is 4.79 Å². The molecule has 9 nitrogen and oxygen atoms in total. The van der Waals surface area contributed by atoms with Crippen molar-refractivity contribution in [2.75, 3.05) is 26.4 Å². The number of rotatable bonds is 2. The number of carboxylic acids is 2. The van der Waals surface area contributed by atoms with Crippen LogP contribution in [0.1, 0.15) is 52.9 Å². The second-order valence-corrected chi connectivity index (χ2v) is 9.60. The Kier molecular flexibility index (Phi) is 5.84. The van der Waals surface area contributed by atoms with Crippen molar-refractivity contribution in [2.45, 2.75) is 70.1 Å². The fraction of sp³-hybridized carbons (Fsp3) is 0.850. The van der Waals surface area contributed by atoms with Crippen molar-refractivity contribution < 1.29 is 38.8 Å². The smallest absolute Gasteiger partial charge is 0.411 e. The van der Waals surface area contributed by atoms with Gasteiger partial charge < -0.3 is 24.4 Å². The third-order valence-corrected chi connectivity index (χ3v) is 6.25. The first-order valence-electron chi connectivity index (χ1n) is 10.1. The molecule has 4 unspecified atom stereocenters. The van der Waals surface area contributed by atoms with Crippen LogP contribution in [0.3, 0.4) is 0 Å². The Morgan fingerprint density at radius 1 is 1.00 bits per heavy atom. The topological polar surface area (TPSA) is 123 Å². The van der Waals surface area contributed by atoms with Crippen molar-refractivity contribution in [2.24, 2.45) is 11.3 Å². The van der Waals surface area contributed by atoms with Crippen LogP contribution in [0.25, 0.3) is 0 Å². The summed E-state index contributed by atoms with van der Waals surface area (Å²) in [5.74, 6) is -1.17. The third-order valence-electron chi connectivity index (χ3n) is 6.25. The molecule has 4 atom stereocenters. The van der Waals surface area contributed by atoms with Crippen LogP contribution in [0, 0.1) is 11.3 Å². The highest BCUT2D eigenvalue weighted by Gasteiger charge is 2.58. The van der Waals surface area contributed by atoms with E-state index in [1.165, 1.54) is 4.90 Å². The molecule has 4 aliphatic rings. The van der Waals surface area contributed by atoms with Crippen LogP contribution < -0.4 is 0 Å². The zero-order valence-corrected chi connectivity index (χ0v) is 17.3. The van der Waals surface area contributed by atoms with Gasteiger partial charge in [-0.15, -0.1) is 0 Å². The maximum Gasteiger partial charge on any atom is 0.411 e. The van der Waals surface area contributed by atoms with Crippen molar-refractivity contribution in [3.8, 4) is 0 Å². The van der Waals surface area contributed by atoms with Gasteiger partial charge in [-0.05, 0) is 58.8 Å². The van der Waals surface area contributed by atoms with Gasteiger partial charge >= 0.3 is 18.0 Å². The standard InChI is InChI=1S/C12H19NO5.C8H12O3/c1-11(2,3)18-10(16)13-8-4-5-12(13,9(14)15)7-17-6-8;9-7(10)8-2-1-6(3-8)4-11-5-8/h8H,4-7H2,1-3H3,(H,14,15);6H,1-5H2,(H,9,10). The molecule has 4 rings (SSSR count). The van der Waals surface area contributed by atoms with E-state index >= 15 is 0 Å². The van der Waals surface area contributed by atoms with Gasteiger partial charge in [0, 0.05) is 6.61 Å². The summed E-state index contributed by atoms with van der Waals surface area (Å²) in [6.45, 7) is 6.92. The van der Waals surface area contributed by atoms with Crippen molar-refractivity contribution >= 4 is 18.0 Å². The van der Waals surface area contributed by atoms with Gasteiger partial charge in [-0.1, -0.05) is 0 Å². The number of ether oxygens (including phenoxy) is 3. The lowest BCUT2D eigenvalue weighted by molar-refractivity contribution is -0.161. The first-order chi connectivity index (χ1) is 13.5. The SMILES string of the molecule is CC(C)(C)OC(=O)N1C2CCC1(C(=O)O)COC2.O=C(O)C12CCC(COC1)C2. The number of carbonyl (C=O) groups is 3. The molecule has 3 heterocycles. The van der Waals surface area contributed by atoms with Gasteiger partial charge in [0.2, 0.25) is 0 Å². The fourth-order valence-corrected chi connectivity index (χ4v) is 4.76. The summed E-state index contributed by atoms with van der Waals surface area (Å²) in [5, 5.41) is 18.3. The first-order valence-corrected chi connectivity index (χ1v) is 10.1. The van der Waals surface area contributed by atoms with Crippen LogP contribution in [0.15, 0.2) is 0 Å². The number of nitrogens with zero attached hydrogens (tertiary/aromatic N) is 1. The molecule has 1 saturated carbocycles. The van der Waals surface area contributed by atoms with Crippen molar-refractivity contribution in [3.63, 3.8) is 0 Å². The van der Waals surface area contributed by atoms with Gasteiger partial charge in [0.15, 0.2) is 5.54 Å². The lowest BCUT2D eigenvalue weighted by atomic mass is 9.85. The molecule has 4 fully saturated rings. The highest BCUT2D eigenvalue weighted by Crippen LogP contribution is 2.45. The molecule has 164 valence electrons. The van der Waals surface area contributed by atoms with Gasteiger partial charge in [-0.25, -0.2) is 9.59 Å². The molecule has 1 amide bonds. The number of fused-ring (bicyclic) bond motifs is 4. The summed E-state index contributed by atoms with van der Waals surface area (Å²) >= 11 is 0. The van der Waals surface area contributed by atoms with Crippen molar-refractivity contribution in [3.05, 3.63) is 0 Å². The molecule has 0 aromatic rings. The van der Waals surface area contributed by atoms with E-state index in [1.54, 1.807) is 20.8 Å². The number of aliphatic carboxylic acids is 2. The quantitative estimate of drug-likeness (QED) is 0.706. The highest BCUT2D eigenvalue weighted by molar-refractivity contribution is 5.86. The van der Waals surface area contributed by atoms with Crippen LogP contribution in [-0.4, -0.2) is 76.8 Å². The molecule has 3 saturated heterocycles. The fourth-order valence-electron chi connectivity index (χ4n) is 4.76. The molecule has 2 N–H and O–H groups in total. The largest absolute Gasteiger partial charge is 0.481 e. The van der Waals surface area contributed by atoms with Gasteiger partial charge in [-0.3, -0.25) is 9.69 Å². The average Bonchev–Trinajstić information content (AvgIpc) is 3.05. The molecular weight excluding hydrogens is 382 g/mol. The Labute approximate surface area is 170 Å². The van der Waals surface area contributed by atoms with E-state index in [-0.39, 0.29) is 12.6 Å². The molecule has 1 aliphatic carbocycles. The molecular formula is C20H31NO8. The van der Waals surface area contributed by atoms with Crippen LogP contribution >= 0.6 is 0 Å². The first kappa shape index (κ1) is 21.8. The third kappa shape index (κ3) is 4.21. The van der Waals surface area contributed by atoms with Crippen LogP contribution in [0.5, 0.6) is 0 Å². The molecule has 0 aromatic carbocycles. The molecule has 0 radical (unpaired) electrons. The summed E-state index contributed by atoms with van der Waals surface area (Å²) in [6.07, 6.45) is 3.19. The van der Waals surface area contributed by atoms with E-state index in [1.807, 2.05) is 0 Å². The summed E-state index contributed by atoms with van der Waals surface area (Å²) in [7, 11) is 0. The van der Waals surface area contributed by atoms with Gasteiger partial charge in [-0.2, -0.15) is 0 Å². The number of hydrogen-bond donors (Lipinski definition) is 2. The molecule has 0 aromatic heterocycles. The zero-order chi connectivity index (χ0) is 21.4. The summed E-state index contributed by atoms with van der Waals surface area (Å²) in [6, 6.07) is -0.190. The number of carbonyl (C=O) groups excluding carboxylic acids is 1. The molecule has 3 aliphatic heterocycles. The summed E-state index contributed by atoms with van der Waals surface area (Å²) in [4.78, 5) is 35.9. The molecule has 0 spiro atoms. The summed E-state index contributed by atoms with van der Waals surface area (Å²) < 4.78 is 15.8. The van der Waals surface area contributed by atoms with E-state index in [2.05, 4.69) is 0 Å². The Morgan fingerprint density at radius 2 is 1.69 bits per heavy atom. The number of carboxylic acid groups (broad SMARTS) is 2. The maximum atomic E-state index is 12.2. The predicted molar refractivity (Wildman–Crippen MR) is 101 cm³/mol. The minimum atomic E-state index is -1.24. The number of morpholine rings is 1. The Hall–Kier alpha value is -1.87. The predicted octanol–water partition coefficient (Wildman–Crippen LogP) is 2.13. The molecule has 29 heavy (non-hydrogen) atoms. The lowest BCUT2D eigenvalue weighted by Crippen LogP contribution is -2.62. The molecule has 9 heteroatoms. The number of amides is 1. The minimum absolute atomic E-state index is 0.0398. The number of hydrogen-bond acceptors (Lipinski definition) is 6. The van der Waals surface area contributed by atoms with E-state index in [4.69, 9.17) is 19.3 Å². The van der Waals surface area contributed by atoms with Crippen LogP contribution in [0.2, 0.25) is 0 Å². The van der Waals surface area contributed by atoms with Crippen molar-refractivity contribution in [1.29, 1.82) is 0 Å².